The first-order valence-corrected chi connectivity index (χ1v) is 7.02. The minimum atomic E-state index is 0.0536. The molecule has 0 unspecified atom stereocenters. The molecule has 0 atom stereocenters. The first kappa shape index (κ1) is 15.6. The second kappa shape index (κ2) is 7.19. The van der Waals surface area contributed by atoms with E-state index in [2.05, 4.69) is 10.3 Å². The highest BCUT2D eigenvalue weighted by Gasteiger charge is 2.04. The van der Waals surface area contributed by atoms with E-state index in [1.165, 1.54) is 0 Å². The van der Waals surface area contributed by atoms with Gasteiger partial charge in [-0.25, -0.2) is 0 Å². The molecule has 2 aromatic rings. The standard InChI is InChI=1S/C13H15ClN2O.C2H6/c1-3-13(17)15-7-10-5-9-6-11(14)8(2)4-12(9)16-10;1-2/h4-6,16H,3,7H2,1-2H3,(H,15,17);1-2H3. The van der Waals surface area contributed by atoms with Crippen LogP contribution in [0.25, 0.3) is 10.9 Å². The van der Waals surface area contributed by atoms with Crippen LogP contribution < -0.4 is 5.32 Å². The number of benzene rings is 1. The summed E-state index contributed by atoms with van der Waals surface area (Å²) in [5.74, 6) is 0.0536. The minimum absolute atomic E-state index is 0.0536. The molecule has 2 N–H and O–H groups in total. The molecule has 0 radical (unpaired) electrons. The predicted molar refractivity (Wildman–Crippen MR) is 81.5 cm³/mol. The maximum Gasteiger partial charge on any atom is 0.220 e. The van der Waals surface area contributed by atoms with Gasteiger partial charge in [-0.2, -0.15) is 0 Å². The monoisotopic (exact) mass is 280 g/mol. The molecule has 3 nitrogen and oxygen atoms in total. The molecule has 0 aliphatic carbocycles. The van der Waals surface area contributed by atoms with Gasteiger partial charge in [0, 0.05) is 28.0 Å². The lowest BCUT2D eigenvalue weighted by Gasteiger charge is -2.00. The van der Waals surface area contributed by atoms with Crippen molar-refractivity contribution in [2.75, 3.05) is 0 Å². The summed E-state index contributed by atoms with van der Waals surface area (Å²) in [6, 6.07) is 5.97. The molecule has 0 bridgehead atoms. The number of hydrogen-bond donors (Lipinski definition) is 2. The van der Waals surface area contributed by atoms with Gasteiger partial charge in [-0.15, -0.1) is 0 Å². The third-order valence-corrected chi connectivity index (χ3v) is 3.16. The van der Waals surface area contributed by atoms with Crippen molar-refractivity contribution in [2.24, 2.45) is 0 Å². The number of fused-ring (bicyclic) bond motifs is 1. The highest BCUT2D eigenvalue weighted by Crippen LogP contribution is 2.23. The van der Waals surface area contributed by atoms with Gasteiger partial charge in [-0.05, 0) is 30.7 Å². The summed E-state index contributed by atoms with van der Waals surface area (Å²) in [4.78, 5) is 14.4. The number of aromatic nitrogens is 1. The number of amides is 1. The van der Waals surface area contributed by atoms with Crippen LogP contribution in [0.1, 0.15) is 38.4 Å². The Hall–Kier alpha value is -1.48. The Balaban J connectivity index is 0.000000861. The van der Waals surface area contributed by atoms with Crippen molar-refractivity contribution < 1.29 is 4.79 Å². The van der Waals surface area contributed by atoms with E-state index in [9.17, 15) is 4.79 Å². The first-order chi connectivity index (χ1) is 9.10. The van der Waals surface area contributed by atoms with Crippen molar-refractivity contribution in [1.29, 1.82) is 0 Å². The average molecular weight is 281 g/mol. The maximum atomic E-state index is 11.2. The van der Waals surface area contributed by atoms with Crippen molar-refractivity contribution in [1.82, 2.24) is 10.3 Å². The topological polar surface area (TPSA) is 44.9 Å². The van der Waals surface area contributed by atoms with Gasteiger partial charge in [0.05, 0.1) is 6.54 Å². The molecule has 0 saturated heterocycles. The smallest absolute Gasteiger partial charge is 0.220 e. The summed E-state index contributed by atoms with van der Waals surface area (Å²) in [6.45, 7) is 8.34. The number of rotatable bonds is 3. The highest BCUT2D eigenvalue weighted by atomic mass is 35.5. The van der Waals surface area contributed by atoms with E-state index in [1.54, 1.807) is 0 Å². The number of carbonyl (C=O) groups excluding carboxylic acids is 1. The number of halogens is 1. The Morgan fingerprint density at radius 1 is 1.32 bits per heavy atom. The van der Waals surface area contributed by atoms with E-state index >= 15 is 0 Å². The largest absolute Gasteiger partial charge is 0.357 e. The van der Waals surface area contributed by atoms with E-state index in [0.29, 0.717) is 13.0 Å². The number of carbonyl (C=O) groups is 1. The zero-order valence-electron chi connectivity index (χ0n) is 11.9. The fourth-order valence-corrected chi connectivity index (χ4v) is 1.91. The first-order valence-electron chi connectivity index (χ1n) is 6.64. The van der Waals surface area contributed by atoms with Crippen LogP contribution in [0.2, 0.25) is 5.02 Å². The molecule has 1 aromatic heterocycles. The molecular formula is C15H21ClN2O. The van der Waals surface area contributed by atoms with Crippen molar-refractivity contribution in [3.05, 3.63) is 34.5 Å². The van der Waals surface area contributed by atoms with Gasteiger partial charge >= 0.3 is 0 Å². The molecule has 0 aliphatic heterocycles. The van der Waals surface area contributed by atoms with Crippen LogP contribution in [0.3, 0.4) is 0 Å². The lowest BCUT2D eigenvalue weighted by molar-refractivity contribution is -0.120. The second-order valence-electron chi connectivity index (χ2n) is 4.11. The zero-order valence-corrected chi connectivity index (χ0v) is 12.7. The van der Waals surface area contributed by atoms with Gasteiger partial charge in [-0.1, -0.05) is 32.4 Å². The number of aromatic amines is 1. The van der Waals surface area contributed by atoms with Crippen LogP contribution in [-0.2, 0) is 11.3 Å². The SMILES string of the molecule is CC.CCC(=O)NCc1cc2cc(Cl)c(C)cc2[nH]1. The normalized spacial score (nSPS) is 9.95. The summed E-state index contributed by atoms with van der Waals surface area (Å²) >= 11 is 6.06. The molecule has 0 fully saturated rings. The molecule has 1 amide bonds. The second-order valence-corrected chi connectivity index (χ2v) is 4.52. The van der Waals surface area contributed by atoms with Crippen LogP contribution in [0.5, 0.6) is 0 Å². The summed E-state index contributed by atoms with van der Waals surface area (Å²) < 4.78 is 0. The Kier molecular flexibility index (Phi) is 5.90. The van der Waals surface area contributed by atoms with Gasteiger partial charge in [-0.3, -0.25) is 4.79 Å². The molecule has 104 valence electrons. The van der Waals surface area contributed by atoms with Crippen LogP contribution in [0.15, 0.2) is 18.2 Å². The van der Waals surface area contributed by atoms with Crippen molar-refractivity contribution in [3.63, 3.8) is 0 Å². The number of nitrogens with one attached hydrogen (secondary N) is 2. The summed E-state index contributed by atoms with van der Waals surface area (Å²) in [6.07, 6.45) is 0.505. The highest BCUT2D eigenvalue weighted by molar-refractivity contribution is 6.32. The molecule has 0 saturated carbocycles. The van der Waals surface area contributed by atoms with E-state index in [4.69, 9.17) is 11.6 Å². The summed E-state index contributed by atoms with van der Waals surface area (Å²) in [7, 11) is 0. The molecular weight excluding hydrogens is 260 g/mol. The fraction of sp³-hybridized carbons (Fsp3) is 0.400. The Morgan fingerprint density at radius 2 is 2.00 bits per heavy atom. The molecule has 1 aromatic carbocycles. The third-order valence-electron chi connectivity index (χ3n) is 2.75. The molecule has 19 heavy (non-hydrogen) atoms. The predicted octanol–water partition coefficient (Wildman–Crippen LogP) is 4.18. The van der Waals surface area contributed by atoms with Gasteiger partial charge in [0.1, 0.15) is 0 Å². The maximum absolute atomic E-state index is 11.2. The van der Waals surface area contributed by atoms with Crippen molar-refractivity contribution in [2.45, 2.75) is 40.7 Å². The van der Waals surface area contributed by atoms with Crippen LogP contribution >= 0.6 is 11.6 Å². The van der Waals surface area contributed by atoms with Crippen LogP contribution in [-0.4, -0.2) is 10.9 Å². The minimum Gasteiger partial charge on any atom is -0.357 e. The quantitative estimate of drug-likeness (QED) is 0.870. The van der Waals surface area contributed by atoms with Crippen LogP contribution in [0.4, 0.5) is 0 Å². The average Bonchev–Trinajstić information content (AvgIpc) is 2.80. The van der Waals surface area contributed by atoms with E-state index < -0.39 is 0 Å². The van der Waals surface area contributed by atoms with E-state index in [1.807, 2.05) is 45.9 Å². The van der Waals surface area contributed by atoms with E-state index in [-0.39, 0.29) is 5.91 Å². The summed E-state index contributed by atoms with van der Waals surface area (Å²) in [5.41, 5.74) is 3.08. The van der Waals surface area contributed by atoms with Crippen molar-refractivity contribution >= 4 is 28.4 Å². The number of hydrogen-bond acceptors (Lipinski definition) is 1. The fourth-order valence-electron chi connectivity index (χ4n) is 1.74. The van der Waals surface area contributed by atoms with Gasteiger partial charge in [0.25, 0.3) is 0 Å². The van der Waals surface area contributed by atoms with E-state index in [0.717, 1.165) is 27.2 Å². The molecule has 2 rings (SSSR count). The zero-order chi connectivity index (χ0) is 14.4. The molecule has 4 heteroatoms. The molecule has 1 heterocycles. The van der Waals surface area contributed by atoms with Gasteiger partial charge in [0.2, 0.25) is 5.91 Å². The third kappa shape index (κ3) is 4.00. The molecule has 0 spiro atoms. The number of aryl methyl sites for hydroxylation is 1. The van der Waals surface area contributed by atoms with Gasteiger partial charge < -0.3 is 10.3 Å². The summed E-state index contributed by atoms with van der Waals surface area (Å²) in [5, 5.41) is 4.67. The van der Waals surface area contributed by atoms with Gasteiger partial charge in [0.15, 0.2) is 0 Å². The molecule has 0 aliphatic rings. The number of H-pyrrole nitrogens is 1. The lowest BCUT2D eigenvalue weighted by atomic mass is 10.2. The Morgan fingerprint density at radius 3 is 2.63 bits per heavy atom. The Labute approximate surface area is 119 Å². The lowest BCUT2D eigenvalue weighted by Crippen LogP contribution is -2.21. The van der Waals surface area contributed by atoms with Crippen LogP contribution in [0, 0.1) is 6.92 Å². The van der Waals surface area contributed by atoms with Crippen molar-refractivity contribution in [3.8, 4) is 0 Å². The Bertz CT molecular complexity index is 522.